The number of rotatable bonds is 6. The summed E-state index contributed by atoms with van der Waals surface area (Å²) in [7, 11) is 2.02. The Balaban J connectivity index is 2.25. The lowest BCUT2D eigenvalue weighted by Gasteiger charge is -2.17. The van der Waals surface area contributed by atoms with Gasteiger partial charge in [-0.1, -0.05) is 13.8 Å². The van der Waals surface area contributed by atoms with Gasteiger partial charge in [-0.2, -0.15) is 5.10 Å². The van der Waals surface area contributed by atoms with Crippen molar-refractivity contribution < 1.29 is 4.42 Å². The summed E-state index contributed by atoms with van der Waals surface area (Å²) in [6.07, 6.45) is 1.90. The second-order valence-electron chi connectivity index (χ2n) is 5.29. The summed E-state index contributed by atoms with van der Waals surface area (Å²) in [6, 6.07) is 4.62. The molecule has 0 radical (unpaired) electrons. The largest absolute Gasteiger partial charge is 0.466 e. The number of nitrogens with one attached hydrogen (secondary N) is 1. The molecule has 0 aliphatic carbocycles. The molecule has 0 saturated carbocycles. The smallest absolute Gasteiger partial charge is 0.105 e. The van der Waals surface area contributed by atoms with Gasteiger partial charge in [0.15, 0.2) is 0 Å². The van der Waals surface area contributed by atoms with E-state index >= 15 is 0 Å². The molecular weight excluding hydrogens is 250 g/mol. The first kappa shape index (κ1) is 14.9. The second kappa shape index (κ2) is 6.27. The van der Waals surface area contributed by atoms with Gasteiger partial charge in [-0.25, -0.2) is 0 Å². The summed E-state index contributed by atoms with van der Waals surface area (Å²) < 4.78 is 7.67. The zero-order chi connectivity index (χ0) is 14.7. The SMILES string of the molecule is CCNC(Cc1cc(CC)nn1C)c1cc(C)oc1C. The van der Waals surface area contributed by atoms with Crippen LogP contribution >= 0.6 is 0 Å². The van der Waals surface area contributed by atoms with Crippen molar-refractivity contribution in [2.45, 2.75) is 46.6 Å². The topological polar surface area (TPSA) is 43.0 Å². The number of hydrogen-bond donors (Lipinski definition) is 1. The first-order valence-electron chi connectivity index (χ1n) is 7.37. The highest BCUT2D eigenvalue weighted by Gasteiger charge is 2.18. The van der Waals surface area contributed by atoms with Gasteiger partial charge in [0.25, 0.3) is 0 Å². The molecule has 4 nitrogen and oxygen atoms in total. The summed E-state index contributed by atoms with van der Waals surface area (Å²) >= 11 is 0. The first-order valence-corrected chi connectivity index (χ1v) is 7.37. The third kappa shape index (κ3) is 3.12. The van der Waals surface area contributed by atoms with Crippen LogP contribution in [0.1, 0.15) is 48.4 Å². The van der Waals surface area contributed by atoms with Crippen LogP contribution in [0.4, 0.5) is 0 Å². The Morgan fingerprint density at radius 3 is 2.55 bits per heavy atom. The molecule has 2 heterocycles. The molecule has 0 aliphatic rings. The molecular formula is C16H25N3O. The quantitative estimate of drug-likeness (QED) is 0.881. The number of nitrogens with zero attached hydrogens (tertiary/aromatic N) is 2. The molecule has 1 unspecified atom stereocenters. The van der Waals surface area contributed by atoms with Crippen molar-refractivity contribution in [2.75, 3.05) is 6.54 Å². The maximum Gasteiger partial charge on any atom is 0.105 e. The molecule has 1 atom stereocenters. The molecule has 0 fully saturated rings. The molecule has 4 heteroatoms. The fraction of sp³-hybridized carbons (Fsp3) is 0.562. The molecule has 2 aromatic rings. The normalized spacial score (nSPS) is 12.8. The van der Waals surface area contributed by atoms with E-state index in [1.54, 1.807) is 0 Å². The number of hydrogen-bond acceptors (Lipinski definition) is 3. The maximum absolute atomic E-state index is 5.67. The number of likely N-dealkylation sites (N-methyl/N-ethyl adjacent to an activating group) is 1. The molecule has 2 aromatic heterocycles. The third-order valence-corrected chi connectivity index (χ3v) is 3.71. The van der Waals surface area contributed by atoms with Gasteiger partial charge in [0, 0.05) is 30.8 Å². The number of aryl methyl sites for hydroxylation is 4. The molecule has 0 amide bonds. The predicted octanol–water partition coefficient (Wildman–Crippen LogP) is 3.09. The highest BCUT2D eigenvalue weighted by atomic mass is 16.3. The molecule has 1 N–H and O–H groups in total. The van der Waals surface area contributed by atoms with Gasteiger partial charge < -0.3 is 9.73 Å². The van der Waals surface area contributed by atoms with Crippen molar-refractivity contribution in [1.29, 1.82) is 0 Å². The van der Waals surface area contributed by atoms with Crippen LogP contribution in [0.5, 0.6) is 0 Å². The Labute approximate surface area is 121 Å². The van der Waals surface area contributed by atoms with Crippen LogP contribution in [-0.2, 0) is 19.9 Å². The highest BCUT2D eigenvalue weighted by Crippen LogP contribution is 2.25. The first-order chi connectivity index (χ1) is 9.55. The zero-order valence-electron chi connectivity index (χ0n) is 13.2. The highest BCUT2D eigenvalue weighted by molar-refractivity contribution is 5.26. The van der Waals surface area contributed by atoms with Crippen LogP contribution in [0.2, 0.25) is 0 Å². The van der Waals surface area contributed by atoms with E-state index in [4.69, 9.17) is 4.42 Å². The van der Waals surface area contributed by atoms with E-state index in [1.807, 2.05) is 25.6 Å². The average molecular weight is 275 g/mol. The summed E-state index contributed by atoms with van der Waals surface area (Å²) in [5, 5.41) is 8.08. The van der Waals surface area contributed by atoms with Crippen LogP contribution in [-0.4, -0.2) is 16.3 Å². The molecule has 0 spiro atoms. The third-order valence-electron chi connectivity index (χ3n) is 3.71. The maximum atomic E-state index is 5.67. The minimum Gasteiger partial charge on any atom is -0.466 e. The van der Waals surface area contributed by atoms with Crippen LogP contribution in [0.15, 0.2) is 16.5 Å². The van der Waals surface area contributed by atoms with Gasteiger partial charge in [0.2, 0.25) is 0 Å². The van der Waals surface area contributed by atoms with Crippen molar-refractivity contribution in [3.8, 4) is 0 Å². The Bertz CT molecular complexity index is 568. The molecule has 0 bridgehead atoms. The van der Waals surface area contributed by atoms with E-state index in [1.165, 1.54) is 11.3 Å². The van der Waals surface area contributed by atoms with Crippen LogP contribution in [0.25, 0.3) is 0 Å². The number of aromatic nitrogens is 2. The monoisotopic (exact) mass is 275 g/mol. The van der Waals surface area contributed by atoms with Crippen molar-refractivity contribution >= 4 is 0 Å². The molecule has 0 saturated heterocycles. The summed E-state index contributed by atoms with van der Waals surface area (Å²) in [6.45, 7) is 9.24. The van der Waals surface area contributed by atoms with Gasteiger partial charge in [-0.3, -0.25) is 4.68 Å². The molecule has 2 rings (SSSR count). The fourth-order valence-electron chi connectivity index (χ4n) is 2.68. The van der Waals surface area contributed by atoms with Crippen LogP contribution < -0.4 is 5.32 Å². The minimum absolute atomic E-state index is 0.276. The van der Waals surface area contributed by atoms with E-state index in [2.05, 4.69) is 36.4 Å². The Kier molecular flexibility index (Phi) is 4.65. The number of furan rings is 1. The predicted molar refractivity (Wildman–Crippen MR) is 80.9 cm³/mol. The average Bonchev–Trinajstić information content (AvgIpc) is 2.92. The Morgan fingerprint density at radius 2 is 2.05 bits per heavy atom. The summed E-state index contributed by atoms with van der Waals surface area (Å²) in [5.74, 6) is 1.98. The van der Waals surface area contributed by atoms with Crippen LogP contribution in [0.3, 0.4) is 0 Å². The van der Waals surface area contributed by atoms with Crippen molar-refractivity contribution in [2.24, 2.45) is 7.05 Å². The fourth-order valence-corrected chi connectivity index (χ4v) is 2.68. The Hall–Kier alpha value is -1.55. The van der Waals surface area contributed by atoms with E-state index in [9.17, 15) is 0 Å². The van der Waals surface area contributed by atoms with Crippen molar-refractivity contribution in [1.82, 2.24) is 15.1 Å². The lowest BCUT2D eigenvalue weighted by molar-refractivity contribution is 0.480. The van der Waals surface area contributed by atoms with Gasteiger partial charge in [0.1, 0.15) is 11.5 Å². The second-order valence-corrected chi connectivity index (χ2v) is 5.29. The van der Waals surface area contributed by atoms with E-state index < -0.39 is 0 Å². The summed E-state index contributed by atoms with van der Waals surface area (Å²) in [5.41, 5.74) is 3.66. The van der Waals surface area contributed by atoms with Gasteiger partial charge in [0.05, 0.1) is 5.69 Å². The van der Waals surface area contributed by atoms with Gasteiger partial charge in [-0.15, -0.1) is 0 Å². The summed E-state index contributed by atoms with van der Waals surface area (Å²) in [4.78, 5) is 0. The van der Waals surface area contributed by atoms with Crippen LogP contribution in [0, 0.1) is 13.8 Å². The van der Waals surface area contributed by atoms with Gasteiger partial charge in [-0.05, 0) is 38.9 Å². The van der Waals surface area contributed by atoms with Gasteiger partial charge >= 0.3 is 0 Å². The lowest BCUT2D eigenvalue weighted by atomic mass is 10.0. The Morgan fingerprint density at radius 1 is 1.30 bits per heavy atom. The van der Waals surface area contributed by atoms with Crippen molar-refractivity contribution in [3.63, 3.8) is 0 Å². The molecule has 20 heavy (non-hydrogen) atoms. The molecule has 0 aromatic carbocycles. The zero-order valence-corrected chi connectivity index (χ0v) is 13.2. The van der Waals surface area contributed by atoms with E-state index in [0.29, 0.717) is 0 Å². The lowest BCUT2D eigenvalue weighted by Crippen LogP contribution is -2.24. The molecule has 0 aliphatic heterocycles. The van der Waals surface area contributed by atoms with E-state index in [-0.39, 0.29) is 6.04 Å². The van der Waals surface area contributed by atoms with E-state index in [0.717, 1.165) is 36.6 Å². The standard InChI is InChI=1S/C16H25N3O/c1-6-13-9-14(19(5)18-13)10-16(17-7-2)15-8-11(3)20-12(15)4/h8-9,16-17H,6-7,10H2,1-5H3. The minimum atomic E-state index is 0.276. The van der Waals surface area contributed by atoms with Crippen molar-refractivity contribution in [3.05, 3.63) is 40.6 Å². The molecule has 110 valence electrons.